The maximum Gasteiger partial charge on any atom is 0.315 e. The first kappa shape index (κ1) is 15.8. The number of nitrogens with zero attached hydrogens (tertiary/aromatic N) is 1. The summed E-state index contributed by atoms with van der Waals surface area (Å²) in [6.45, 7) is 2.92. The minimum Gasteiger partial charge on any atom is -0.390 e. The van der Waals surface area contributed by atoms with Gasteiger partial charge in [0.25, 0.3) is 0 Å². The third-order valence-electron chi connectivity index (χ3n) is 3.88. The van der Waals surface area contributed by atoms with Gasteiger partial charge in [0.05, 0.1) is 12.1 Å². The predicted molar refractivity (Wildman–Crippen MR) is 83.2 cm³/mol. The molecule has 2 rings (SSSR count). The van der Waals surface area contributed by atoms with Crippen molar-refractivity contribution in [2.75, 3.05) is 20.6 Å². The van der Waals surface area contributed by atoms with Crippen molar-refractivity contribution in [1.82, 2.24) is 15.5 Å². The molecule has 5 nitrogen and oxygen atoms in total. The van der Waals surface area contributed by atoms with Crippen LogP contribution in [-0.2, 0) is 6.42 Å². The van der Waals surface area contributed by atoms with Crippen molar-refractivity contribution in [3.05, 3.63) is 35.4 Å². The maximum absolute atomic E-state index is 12.1. The lowest BCUT2D eigenvalue weighted by Gasteiger charge is -2.21. The van der Waals surface area contributed by atoms with E-state index < -0.39 is 6.10 Å². The Kier molecular flexibility index (Phi) is 5.20. The molecule has 1 aliphatic carbocycles. The van der Waals surface area contributed by atoms with Crippen molar-refractivity contribution < 1.29 is 9.90 Å². The van der Waals surface area contributed by atoms with E-state index in [1.165, 1.54) is 0 Å². The number of nitrogens with one attached hydrogen (secondary N) is 2. The number of aliphatic hydroxyl groups is 1. The summed E-state index contributed by atoms with van der Waals surface area (Å²) in [5.41, 5.74) is 2.12. The fraction of sp³-hybridized carbons (Fsp3) is 0.562. The van der Waals surface area contributed by atoms with Gasteiger partial charge in [-0.15, -0.1) is 0 Å². The summed E-state index contributed by atoms with van der Waals surface area (Å²) in [6, 6.07) is 7.41. The number of benzene rings is 1. The van der Waals surface area contributed by atoms with Crippen LogP contribution in [0.5, 0.6) is 0 Å². The second-order valence-corrected chi connectivity index (χ2v) is 6.06. The Labute approximate surface area is 126 Å². The molecule has 3 atom stereocenters. The summed E-state index contributed by atoms with van der Waals surface area (Å²) in [4.78, 5) is 14.2. The molecule has 5 heteroatoms. The van der Waals surface area contributed by atoms with E-state index >= 15 is 0 Å². The van der Waals surface area contributed by atoms with E-state index in [-0.39, 0.29) is 18.1 Å². The number of carbonyl (C=O) groups is 1. The molecule has 21 heavy (non-hydrogen) atoms. The van der Waals surface area contributed by atoms with Crippen molar-refractivity contribution >= 4 is 6.03 Å². The molecule has 0 heterocycles. The lowest BCUT2D eigenvalue weighted by molar-refractivity contribution is 0.141. The zero-order chi connectivity index (χ0) is 15.4. The second kappa shape index (κ2) is 6.91. The van der Waals surface area contributed by atoms with Crippen LogP contribution >= 0.6 is 0 Å². The average molecular weight is 291 g/mol. The van der Waals surface area contributed by atoms with Crippen LogP contribution in [-0.4, -0.2) is 48.8 Å². The predicted octanol–water partition coefficient (Wildman–Crippen LogP) is 1.28. The highest BCUT2D eigenvalue weighted by Gasteiger charge is 2.31. The first-order chi connectivity index (χ1) is 9.97. The van der Waals surface area contributed by atoms with Crippen LogP contribution in [0, 0.1) is 0 Å². The van der Waals surface area contributed by atoms with Crippen LogP contribution in [0.25, 0.3) is 0 Å². The molecule has 0 saturated heterocycles. The van der Waals surface area contributed by atoms with E-state index in [0.29, 0.717) is 6.42 Å². The van der Waals surface area contributed by atoms with Crippen molar-refractivity contribution in [2.24, 2.45) is 0 Å². The first-order valence-corrected chi connectivity index (χ1v) is 7.45. The number of hydrogen-bond donors (Lipinski definition) is 3. The summed E-state index contributed by atoms with van der Waals surface area (Å²) >= 11 is 0. The number of urea groups is 1. The van der Waals surface area contributed by atoms with Gasteiger partial charge in [0.15, 0.2) is 0 Å². The molecule has 116 valence electrons. The molecule has 0 bridgehead atoms. The topological polar surface area (TPSA) is 64.6 Å². The minimum absolute atomic E-state index is 0.0983. The third kappa shape index (κ3) is 4.19. The monoisotopic (exact) mass is 291 g/mol. The van der Waals surface area contributed by atoms with Gasteiger partial charge in [-0.3, -0.25) is 0 Å². The molecule has 0 fully saturated rings. The molecule has 2 amide bonds. The Hall–Kier alpha value is -1.59. The van der Waals surface area contributed by atoms with Crippen LogP contribution in [0.1, 0.15) is 30.5 Å². The van der Waals surface area contributed by atoms with Crippen molar-refractivity contribution in [1.29, 1.82) is 0 Å². The summed E-state index contributed by atoms with van der Waals surface area (Å²) < 4.78 is 0. The molecule has 1 aliphatic rings. The fourth-order valence-electron chi connectivity index (χ4n) is 2.68. The van der Waals surface area contributed by atoms with Gasteiger partial charge in [0, 0.05) is 12.5 Å². The van der Waals surface area contributed by atoms with E-state index in [9.17, 15) is 9.90 Å². The Morgan fingerprint density at radius 3 is 2.86 bits per heavy atom. The molecule has 0 aromatic heterocycles. The van der Waals surface area contributed by atoms with E-state index in [1.807, 2.05) is 45.3 Å². The molecule has 0 spiro atoms. The van der Waals surface area contributed by atoms with Gasteiger partial charge in [0.2, 0.25) is 0 Å². The standard InChI is InChI=1S/C16H25N3O2/c1-11(8-9-19(2)3)17-16(21)18-15-13-7-5-4-6-12(13)10-14(15)20/h4-7,11,14-15,20H,8-10H2,1-3H3,(H2,17,18,21)/t11?,14-,15+/m1/s1. The van der Waals surface area contributed by atoms with E-state index in [4.69, 9.17) is 0 Å². The van der Waals surface area contributed by atoms with Gasteiger partial charge in [-0.2, -0.15) is 0 Å². The maximum atomic E-state index is 12.1. The first-order valence-electron chi connectivity index (χ1n) is 7.45. The lowest BCUT2D eigenvalue weighted by atomic mass is 10.1. The van der Waals surface area contributed by atoms with Gasteiger partial charge in [0.1, 0.15) is 0 Å². The number of fused-ring (bicyclic) bond motifs is 1. The molecule has 0 radical (unpaired) electrons. The Morgan fingerprint density at radius 1 is 1.43 bits per heavy atom. The normalized spacial score (nSPS) is 22.0. The highest BCUT2D eigenvalue weighted by Crippen LogP contribution is 2.30. The number of amides is 2. The van der Waals surface area contributed by atoms with Gasteiger partial charge >= 0.3 is 6.03 Å². The molecule has 1 aromatic rings. The largest absolute Gasteiger partial charge is 0.390 e. The third-order valence-corrected chi connectivity index (χ3v) is 3.88. The Morgan fingerprint density at radius 2 is 2.14 bits per heavy atom. The van der Waals surface area contributed by atoms with Crippen LogP contribution < -0.4 is 10.6 Å². The smallest absolute Gasteiger partial charge is 0.315 e. The van der Waals surface area contributed by atoms with E-state index in [1.54, 1.807) is 0 Å². The summed E-state index contributed by atoms with van der Waals surface area (Å²) in [5, 5.41) is 15.9. The zero-order valence-electron chi connectivity index (χ0n) is 13.0. The van der Waals surface area contributed by atoms with Crippen molar-refractivity contribution in [2.45, 2.75) is 38.0 Å². The van der Waals surface area contributed by atoms with Gasteiger partial charge in [-0.1, -0.05) is 24.3 Å². The SMILES string of the molecule is CC(CCN(C)C)NC(=O)N[C@H]1c2ccccc2C[C@H]1O. The van der Waals surface area contributed by atoms with E-state index in [2.05, 4.69) is 15.5 Å². The number of carbonyl (C=O) groups excluding carboxylic acids is 1. The quantitative estimate of drug-likeness (QED) is 0.766. The van der Waals surface area contributed by atoms with Crippen LogP contribution in [0.2, 0.25) is 0 Å². The molecule has 0 aliphatic heterocycles. The average Bonchev–Trinajstić information content (AvgIpc) is 2.73. The van der Waals surface area contributed by atoms with Crippen molar-refractivity contribution in [3.8, 4) is 0 Å². The fourth-order valence-corrected chi connectivity index (χ4v) is 2.68. The van der Waals surface area contributed by atoms with Gasteiger partial charge < -0.3 is 20.6 Å². The van der Waals surface area contributed by atoms with Crippen LogP contribution in [0.3, 0.4) is 0 Å². The summed E-state index contributed by atoms with van der Waals surface area (Å²) in [6.07, 6.45) is 0.937. The lowest BCUT2D eigenvalue weighted by Crippen LogP contribution is -2.45. The Balaban J connectivity index is 1.88. The number of aliphatic hydroxyl groups excluding tert-OH is 1. The van der Waals surface area contributed by atoms with Crippen LogP contribution in [0.15, 0.2) is 24.3 Å². The highest BCUT2D eigenvalue weighted by molar-refractivity contribution is 5.75. The molecule has 3 N–H and O–H groups in total. The summed E-state index contributed by atoms with van der Waals surface area (Å²) in [7, 11) is 4.03. The molecule has 1 unspecified atom stereocenters. The second-order valence-electron chi connectivity index (χ2n) is 6.06. The minimum atomic E-state index is -0.551. The van der Waals surface area contributed by atoms with Gasteiger partial charge in [-0.25, -0.2) is 4.79 Å². The van der Waals surface area contributed by atoms with Crippen molar-refractivity contribution in [3.63, 3.8) is 0 Å². The number of rotatable bonds is 5. The molecule has 0 saturated carbocycles. The van der Waals surface area contributed by atoms with Crippen LogP contribution in [0.4, 0.5) is 4.79 Å². The molecular formula is C16H25N3O2. The van der Waals surface area contributed by atoms with Gasteiger partial charge in [-0.05, 0) is 45.1 Å². The molecular weight excluding hydrogens is 266 g/mol. The Bertz CT molecular complexity index is 490. The zero-order valence-corrected chi connectivity index (χ0v) is 13.0. The van der Waals surface area contributed by atoms with E-state index in [0.717, 1.165) is 24.1 Å². The summed E-state index contributed by atoms with van der Waals surface area (Å²) in [5.74, 6) is 0. The number of hydrogen-bond acceptors (Lipinski definition) is 3. The highest BCUT2D eigenvalue weighted by atomic mass is 16.3. The molecule has 1 aromatic carbocycles.